The van der Waals surface area contributed by atoms with Crippen LogP contribution in [-0.2, 0) is 9.47 Å². The second kappa shape index (κ2) is 16.2. The molecule has 4 aromatic carbocycles. The van der Waals surface area contributed by atoms with E-state index in [4.69, 9.17) is 18.9 Å². The van der Waals surface area contributed by atoms with Crippen LogP contribution in [0.5, 0.6) is 11.5 Å². The molecule has 218 valence electrons. The van der Waals surface area contributed by atoms with Crippen molar-refractivity contribution in [1.29, 1.82) is 0 Å². The zero-order valence-corrected chi connectivity index (χ0v) is 24.3. The predicted molar refractivity (Wildman–Crippen MR) is 166 cm³/mol. The van der Waals surface area contributed by atoms with Gasteiger partial charge >= 0.3 is 0 Å². The van der Waals surface area contributed by atoms with E-state index in [1.165, 1.54) is 0 Å². The highest BCUT2D eigenvalue weighted by Gasteiger charge is 2.08. The van der Waals surface area contributed by atoms with Gasteiger partial charge in [0.1, 0.15) is 37.9 Å². The van der Waals surface area contributed by atoms with Crippen LogP contribution in [0.4, 0.5) is 0 Å². The number of carbonyl (C=O) groups excluding carboxylic acids is 2. The SMILES string of the molecule is CCCOCC(=O)c1ccc(-c2ccc(OCCOc3ccc(-c4ccc(C(=O)COCCC)cc4)cc3)cc2)cc1. The van der Waals surface area contributed by atoms with Crippen LogP contribution in [0.15, 0.2) is 97.1 Å². The summed E-state index contributed by atoms with van der Waals surface area (Å²) in [6.45, 7) is 6.27. The molecule has 4 rings (SSSR count). The van der Waals surface area contributed by atoms with Gasteiger partial charge in [-0.15, -0.1) is 0 Å². The third kappa shape index (κ3) is 9.13. The van der Waals surface area contributed by atoms with Crippen molar-refractivity contribution in [2.24, 2.45) is 0 Å². The summed E-state index contributed by atoms with van der Waals surface area (Å²) in [5, 5.41) is 0. The number of ether oxygens (including phenoxy) is 4. The Morgan fingerprint density at radius 2 is 0.762 bits per heavy atom. The van der Waals surface area contributed by atoms with Gasteiger partial charge in [0.05, 0.1) is 0 Å². The number of carbonyl (C=O) groups is 2. The van der Waals surface area contributed by atoms with E-state index >= 15 is 0 Å². The summed E-state index contributed by atoms with van der Waals surface area (Å²) in [5.74, 6) is 1.50. The molecule has 0 N–H and O–H groups in total. The normalized spacial score (nSPS) is 10.8. The van der Waals surface area contributed by atoms with E-state index in [-0.39, 0.29) is 24.8 Å². The first-order chi connectivity index (χ1) is 20.6. The Kier molecular flexibility index (Phi) is 11.9. The van der Waals surface area contributed by atoms with E-state index in [9.17, 15) is 9.59 Å². The standard InChI is InChI=1S/C36H38O6/c1-3-21-39-25-35(37)31-9-5-27(6-10-31)29-13-17-33(18-14-29)41-23-24-42-34-19-15-30(16-20-34)28-7-11-32(12-8-28)36(38)26-40-22-4-2/h5-20H,3-4,21-26H2,1-2H3. The molecule has 0 saturated carbocycles. The molecule has 0 spiro atoms. The Bertz CT molecular complexity index is 1280. The first kappa shape index (κ1) is 30.7. The minimum atomic E-state index is -0.00926. The summed E-state index contributed by atoms with van der Waals surface area (Å²) in [6.07, 6.45) is 1.79. The van der Waals surface area contributed by atoms with Crippen LogP contribution in [0.25, 0.3) is 22.3 Å². The lowest BCUT2D eigenvalue weighted by atomic mass is 10.0. The van der Waals surface area contributed by atoms with Gasteiger partial charge in [0, 0.05) is 24.3 Å². The molecule has 0 atom stereocenters. The summed E-state index contributed by atoms with van der Waals surface area (Å²) >= 11 is 0. The smallest absolute Gasteiger partial charge is 0.188 e. The molecule has 0 bridgehead atoms. The van der Waals surface area contributed by atoms with Crippen LogP contribution < -0.4 is 9.47 Å². The minimum Gasteiger partial charge on any atom is -0.490 e. The van der Waals surface area contributed by atoms with Crippen molar-refractivity contribution in [3.63, 3.8) is 0 Å². The molecular weight excluding hydrogens is 528 g/mol. The largest absolute Gasteiger partial charge is 0.490 e. The number of benzene rings is 4. The van der Waals surface area contributed by atoms with E-state index in [0.717, 1.165) is 46.6 Å². The molecule has 0 aliphatic rings. The third-order valence-electron chi connectivity index (χ3n) is 6.57. The molecule has 0 heterocycles. The molecule has 0 unspecified atom stereocenters. The molecule has 6 heteroatoms. The van der Waals surface area contributed by atoms with E-state index in [0.29, 0.717) is 37.6 Å². The number of rotatable bonds is 17. The third-order valence-corrected chi connectivity index (χ3v) is 6.57. The van der Waals surface area contributed by atoms with Gasteiger partial charge in [0.25, 0.3) is 0 Å². The van der Waals surface area contributed by atoms with Gasteiger partial charge in [0.2, 0.25) is 0 Å². The fraction of sp³-hybridized carbons (Fsp3) is 0.278. The molecular formula is C36H38O6. The maximum atomic E-state index is 12.2. The van der Waals surface area contributed by atoms with Gasteiger partial charge in [-0.1, -0.05) is 86.6 Å². The Hall–Kier alpha value is -4.26. The first-order valence-electron chi connectivity index (χ1n) is 14.5. The lowest BCUT2D eigenvalue weighted by molar-refractivity contribution is 0.0757. The van der Waals surface area contributed by atoms with Gasteiger partial charge in [-0.3, -0.25) is 9.59 Å². The zero-order valence-electron chi connectivity index (χ0n) is 24.3. The highest BCUT2D eigenvalue weighted by molar-refractivity contribution is 5.98. The summed E-state index contributed by atoms with van der Waals surface area (Å²) in [6, 6.07) is 30.9. The van der Waals surface area contributed by atoms with Crippen LogP contribution in [0.2, 0.25) is 0 Å². The Balaban J connectivity index is 1.20. The molecule has 0 radical (unpaired) electrons. The average molecular weight is 567 g/mol. The molecule has 42 heavy (non-hydrogen) atoms. The maximum absolute atomic E-state index is 12.2. The summed E-state index contributed by atoms with van der Waals surface area (Å²) < 4.78 is 22.4. The molecule has 0 aromatic heterocycles. The highest BCUT2D eigenvalue weighted by Crippen LogP contribution is 2.25. The van der Waals surface area contributed by atoms with Gasteiger partial charge in [-0.2, -0.15) is 0 Å². The number of hydrogen-bond acceptors (Lipinski definition) is 6. The maximum Gasteiger partial charge on any atom is 0.188 e. The predicted octanol–water partition coefficient (Wildman–Crippen LogP) is 7.70. The number of Topliss-reactive ketones (excluding diaryl/α,β-unsaturated/α-hetero) is 2. The van der Waals surface area contributed by atoms with Crippen molar-refractivity contribution < 1.29 is 28.5 Å². The van der Waals surface area contributed by atoms with E-state index in [2.05, 4.69) is 0 Å². The fourth-order valence-corrected chi connectivity index (χ4v) is 4.29. The molecule has 4 aromatic rings. The number of ketones is 2. The Morgan fingerprint density at radius 3 is 1.07 bits per heavy atom. The fourth-order valence-electron chi connectivity index (χ4n) is 4.29. The second-order valence-corrected chi connectivity index (χ2v) is 9.85. The average Bonchev–Trinajstić information content (AvgIpc) is 3.04. The van der Waals surface area contributed by atoms with Crippen LogP contribution in [0.1, 0.15) is 47.4 Å². The Morgan fingerprint density at radius 1 is 0.452 bits per heavy atom. The Labute approximate surface area is 248 Å². The van der Waals surface area contributed by atoms with E-state index < -0.39 is 0 Å². The zero-order chi connectivity index (χ0) is 29.6. The highest BCUT2D eigenvalue weighted by atomic mass is 16.5. The van der Waals surface area contributed by atoms with Crippen LogP contribution in [0.3, 0.4) is 0 Å². The van der Waals surface area contributed by atoms with Crippen molar-refractivity contribution >= 4 is 11.6 Å². The molecule has 0 aliphatic carbocycles. The topological polar surface area (TPSA) is 71.1 Å². The van der Waals surface area contributed by atoms with E-state index in [1.807, 2.05) is 111 Å². The monoisotopic (exact) mass is 566 g/mol. The van der Waals surface area contributed by atoms with Crippen molar-refractivity contribution in [1.82, 2.24) is 0 Å². The van der Waals surface area contributed by atoms with Crippen LogP contribution >= 0.6 is 0 Å². The van der Waals surface area contributed by atoms with Gasteiger partial charge in [-0.05, 0) is 59.4 Å². The molecule has 6 nitrogen and oxygen atoms in total. The summed E-state index contributed by atoms with van der Waals surface area (Å²) in [5.41, 5.74) is 5.45. The lowest BCUT2D eigenvalue weighted by Gasteiger charge is -2.10. The van der Waals surface area contributed by atoms with Gasteiger partial charge < -0.3 is 18.9 Å². The van der Waals surface area contributed by atoms with E-state index in [1.54, 1.807) is 0 Å². The summed E-state index contributed by atoms with van der Waals surface area (Å²) in [4.78, 5) is 24.4. The van der Waals surface area contributed by atoms with Gasteiger partial charge in [-0.25, -0.2) is 0 Å². The number of hydrogen-bond donors (Lipinski definition) is 0. The molecule has 0 aliphatic heterocycles. The van der Waals surface area contributed by atoms with Crippen LogP contribution in [-0.4, -0.2) is 51.2 Å². The van der Waals surface area contributed by atoms with Gasteiger partial charge in [0.15, 0.2) is 11.6 Å². The second-order valence-electron chi connectivity index (χ2n) is 9.85. The van der Waals surface area contributed by atoms with Crippen molar-refractivity contribution in [3.05, 3.63) is 108 Å². The van der Waals surface area contributed by atoms with Crippen molar-refractivity contribution in [3.8, 4) is 33.8 Å². The van der Waals surface area contributed by atoms with Crippen molar-refractivity contribution in [2.75, 3.05) is 39.6 Å². The minimum absolute atomic E-state index is 0.00926. The molecule has 0 saturated heterocycles. The quantitative estimate of drug-likeness (QED) is 0.0964. The first-order valence-corrected chi connectivity index (χ1v) is 14.5. The lowest BCUT2D eigenvalue weighted by Crippen LogP contribution is -2.09. The molecule has 0 fully saturated rings. The van der Waals surface area contributed by atoms with Crippen molar-refractivity contribution in [2.45, 2.75) is 26.7 Å². The van der Waals surface area contributed by atoms with Crippen LogP contribution in [0, 0.1) is 0 Å². The molecule has 0 amide bonds. The summed E-state index contributed by atoms with van der Waals surface area (Å²) in [7, 11) is 0.